The van der Waals surface area contributed by atoms with Crippen LogP contribution in [0.2, 0.25) is 0 Å². The van der Waals surface area contributed by atoms with Crippen LogP contribution in [0.3, 0.4) is 0 Å². The minimum atomic E-state index is -0.787. The second-order valence-electron chi connectivity index (χ2n) is 19.1. The minimum absolute atomic E-state index is 0.0847. The van der Waals surface area contributed by atoms with Gasteiger partial charge in [0.25, 0.3) is 0 Å². The van der Waals surface area contributed by atoms with Gasteiger partial charge in [0.15, 0.2) is 6.10 Å². The van der Waals surface area contributed by atoms with Crippen LogP contribution in [0.15, 0.2) is 109 Å². The molecular formula is C65H108O6. The van der Waals surface area contributed by atoms with Gasteiger partial charge in [-0.05, 0) is 103 Å². The quantitative estimate of drug-likeness (QED) is 0.0261. The van der Waals surface area contributed by atoms with Gasteiger partial charge in [0, 0.05) is 19.3 Å². The van der Waals surface area contributed by atoms with Gasteiger partial charge in [-0.15, -0.1) is 0 Å². The largest absolute Gasteiger partial charge is 0.462 e. The Labute approximate surface area is 438 Å². The SMILES string of the molecule is CC/C=C\C/C=C\C/C=C\C/C=C\C/C=C\CCCCCCCCCC(=O)OCC(COC(=O)CCCCCCCCCCC)OC(=O)CCCCCCCCCC/C=C\C/C=C\C/C=C\C/C=C\CC. The van der Waals surface area contributed by atoms with Gasteiger partial charge < -0.3 is 14.2 Å². The summed E-state index contributed by atoms with van der Waals surface area (Å²) in [5.41, 5.74) is 0. The average Bonchev–Trinajstić information content (AvgIpc) is 3.37. The highest BCUT2D eigenvalue weighted by atomic mass is 16.6. The maximum Gasteiger partial charge on any atom is 0.306 e. The van der Waals surface area contributed by atoms with E-state index in [2.05, 4.69) is 130 Å². The summed E-state index contributed by atoms with van der Waals surface area (Å²) in [6.45, 7) is 6.38. The van der Waals surface area contributed by atoms with Crippen LogP contribution in [-0.2, 0) is 28.6 Å². The van der Waals surface area contributed by atoms with E-state index in [9.17, 15) is 14.4 Å². The maximum absolute atomic E-state index is 12.9. The molecule has 404 valence electrons. The standard InChI is InChI=1S/C65H108O6/c1-4-7-10-13-16-19-21-23-25-27-29-31-32-34-35-37-39-41-43-46-49-52-55-58-64(67)70-61-62(60-69-63(66)57-54-51-48-45-18-15-12-9-6-3)71-65(68)59-56-53-50-47-44-42-40-38-36-33-30-28-26-24-22-20-17-14-11-8-5-2/h7-8,10-11,16-17,19-20,23-26,29-31,33-35,62H,4-6,9,12-15,18,21-22,27-28,32,36-61H2,1-3H3/b10-7-,11-8-,19-16-,20-17-,25-23-,26-24-,31-29-,33-30-,35-34-. The highest BCUT2D eigenvalue weighted by Gasteiger charge is 2.19. The van der Waals surface area contributed by atoms with Crippen molar-refractivity contribution in [1.82, 2.24) is 0 Å². The van der Waals surface area contributed by atoms with Crippen molar-refractivity contribution in [2.75, 3.05) is 13.2 Å². The van der Waals surface area contributed by atoms with Crippen molar-refractivity contribution >= 4 is 17.9 Å². The molecule has 0 aliphatic carbocycles. The van der Waals surface area contributed by atoms with E-state index in [0.29, 0.717) is 19.3 Å². The number of carbonyl (C=O) groups excluding carboxylic acids is 3. The summed E-state index contributed by atoms with van der Waals surface area (Å²) < 4.78 is 16.8. The average molecular weight is 986 g/mol. The predicted molar refractivity (Wildman–Crippen MR) is 307 cm³/mol. The Hall–Kier alpha value is -3.93. The molecule has 0 radical (unpaired) electrons. The molecule has 0 aromatic heterocycles. The van der Waals surface area contributed by atoms with Crippen molar-refractivity contribution < 1.29 is 28.6 Å². The molecular weight excluding hydrogens is 877 g/mol. The van der Waals surface area contributed by atoms with Crippen molar-refractivity contribution in [2.45, 2.75) is 271 Å². The van der Waals surface area contributed by atoms with E-state index < -0.39 is 6.10 Å². The molecule has 0 aliphatic heterocycles. The zero-order valence-electron chi connectivity index (χ0n) is 46.2. The van der Waals surface area contributed by atoms with E-state index in [-0.39, 0.29) is 31.1 Å². The highest BCUT2D eigenvalue weighted by Crippen LogP contribution is 2.15. The molecule has 0 amide bonds. The molecule has 6 heteroatoms. The first-order valence-corrected chi connectivity index (χ1v) is 29.4. The predicted octanol–water partition coefficient (Wildman–Crippen LogP) is 19.9. The summed E-state index contributed by atoms with van der Waals surface area (Å²) in [5.74, 6) is -0.905. The molecule has 0 saturated heterocycles. The van der Waals surface area contributed by atoms with E-state index in [1.54, 1.807) is 0 Å². The Morgan fingerprint density at radius 1 is 0.296 bits per heavy atom. The lowest BCUT2D eigenvalue weighted by atomic mass is 10.1. The number of esters is 3. The monoisotopic (exact) mass is 985 g/mol. The van der Waals surface area contributed by atoms with E-state index >= 15 is 0 Å². The van der Waals surface area contributed by atoms with Crippen LogP contribution in [0.4, 0.5) is 0 Å². The van der Waals surface area contributed by atoms with Gasteiger partial charge in [-0.25, -0.2) is 0 Å². The van der Waals surface area contributed by atoms with Crippen LogP contribution < -0.4 is 0 Å². The third-order valence-electron chi connectivity index (χ3n) is 12.3. The molecule has 6 nitrogen and oxygen atoms in total. The van der Waals surface area contributed by atoms with Crippen molar-refractivity contribution in [1.29, 1.82) is 0 Å². The van der Waals surface area contributed by atoms with Crippen LogP contribution >= 0.6 is 0 Å². The van der Waals surface area contributed by atoms with Crippen molar-refractivity contribution in [3.8, 4) is 0 Å². The Morgan fingerprint density at radius 3 is 0.859 bits per heavy atom. The van der Waals surface area contributed by atoms with Gasteiger partial charge in [0.1, 0.15) is 13.2 Å². The molecule has 71 heavy (non-hydrogen) atoms. The molecule has 0 spiro atoms. The number of rotatable bonds is 52. The third kappa shape index (κ3) is 56.9. The fourth-order valence-electron chi connectivity index (χ4n) is 7.93. The summed E-state index contributed by atoms with van der Waals surface area (Å²) in [6.07, 6.45) is 79.4. The number of carbonyl (C=O) groups is 3. The van der Waals surface area contributed by atoms with Gasteiger partial charge in [-0.1, -0.05) is 252 Å². The van der Waals surface area contributed by atoms with Crippen LogP contribution in [0.25, 0.3) is 0 Å². The van der Waals surface area contributed by atoms with E-state index in [1.165, 1.54) is 96.3 Å². The first-order chi connectivity index (χ1) is 35.0. The number of unbranched alkanes of at least 4 members (excludes halogenated alkanes) is 23. The zero-order valence-corrected chi connectivity index (χ0v) is 46.2. The molecule has 0 aliphatic rings. The molecule has 1 atom stereocenters. The summed E-state index contributed by atoms with van der Waals surface area (Å²) >= 11 is 0. The number of hydrogen-bond acceptors (Lipinski definition) is 6. The number of hydrogen-bond donors (Lipinski definition) is 0. The van der Waals surface area contributed by atoms with Crippen molar-refractivity contribution in [2.24, 2.45) is 0 Å². The smallest absolute Gasteiger partial charge is 0.306 e. The van der Waals surface area contributed by atoms with Gasteiger partial charge in [-0.3, -0.25) is 14.4 Å². The lowest BCUT2D eigenvalue weighted by Gasteiger charge is -2.18. The second kappa shape index (κ2) is 58.6. The van der Waals surface area contributed by atoms with Crippen LogP contribution in [0.1, 0.15) is 265 Å². The third-order valence-corrected chi connectivity index (χ3v) is 12.3. The normalized spacial score (nSPS) is 12.9. The van der Waals surface area contributed by atoms with Gasteiger partial charge in [-0.2, -0.15) is 0 Å². The molecule has 0 aromatic rings. The Kier molecular flexibility index (Phi) is 55.4. The Bertz CT molecular complexity index is 1460. The molecule has 0 fully saturated rings. The van der Waals surface area contributed by atoms with Gasteiger partial charge in [0.05, 0.1) is 0 Å². The van der Waals surface area contributed by atoms with Crippen molar-refractivity contribution in [3.63, 3.8) is 0 Å². The molecule has 0 aromatic carbocycles. The minimum Gasteiger partial charge on any atom is -0.462 e. The van der Waals surface area contributed by atoms with Crippen LogP contribution in [0.5, 0.6) is 0 Å². The van der Waals surface area contributed by atoms with Gasteiger partial charge >= 0.3 is 17.9 Å². The fourth-order valence-corrected chi connectivity index (χ4v) is 7.93. The van der Waals surface area contributed by atoms with Crippen LogP contribution in [-0.4, -0.2) is 37.2 Å². The van der Waals surface area contributed by atoms with E-state index in [0.717, 1.165) is 128 Å². The highest BCUT2D eigenvalue weighted by molar-refractivity contribution is 5.71. The first-order valence-electron chi connectivity index (χ1n) is 29.4. The maximum atomic E-state index is 12.9. The Balaban J connectivity index is 4.31. The second-order valence-corrected chi connectivity index (χ2v) is 19.1. The number of ether oxygens (including phenoxy) is 3. The lowest BCUT2D eigenvalue weighted by molar-refractivity contribution is -0.167. The summed E-state index contributed by atoms with van der Waals surface area (Å²) in [5, 5.41) is 0. The summed E-state index contributed by atoms with van der Waals surface area (Å²) in [4.78, 5) is 38.1. The van der Waals surface area contributed by atoms with Gasteiger partial charge in [0.2, 0.25) is 0 Å². The molecule has 0 saturated carbocycles. The van der Waals surface area contributed by atoms with E-state index in [1.807, 2.05) is 0 Å². The molecule has 0 rings (SSSR count). The molecule has 0 bridgehead atoms. The van der Waals surface area contributed by atoms with Crippen LogP contribution in [0, 0.1) is 0 Å². The summed E-state index contributed by atoms with van der Waals surface area (Å²) in [7, 11) is 0. The first kappa shape index (κ1) is 67.1. The van der Waals surface area contributed by atoms with Crippen molar-refractivity contribution in [3.05, 3.63) is 109 Å². The topological polar surface area (TPSA) is 78.9 Å². The summed E-state index contributed by atoms with van der Waals surface area (Å²) in [6, 6.07) is 0. The molecule has 0 heterocycles. The molecule has 0 N–H and O–H groups in total. The number of allylic oxidation sites excluding steroid dienone is 18. The lowest BCUT2D eigenvalue weighted by Crippen LogP contribution is -2.30. The zero-order chi connectivity index (χ0) is 51.4. The fraction of sp³-hybridized carbons (Fsp3) is 0.677. The molecule has 1 unspecified atom stereocenters. The van der Waals surface area contributed by atoms with E-state index in [4.69, 9.17) is 14.2 Å². The Morgan fingerprint density at radius 2 is 0.549 bits per heavy atom.